The van der Waals surface area contributed by atoms with Gasteiger partial charge in [-0.05, 0) is 32.4 Å². The van der Waals surface area contributed by atoms with Gasteiger partial charge in [0.05, 0.1) is 5.69 Å². The van der Waals surface area contributed by atoms with E-state index >= 15 is 0 Å². The first-order valence-corrected chi connectivity index (χ1v) is 3.91. The molecule has 0 spiro atoms. The number of allylic oxidation sites excluding steroid dienone is 2. The Morgan fingerprint density at radius 2 is 2.25 bits per heavy atom. The van der Waals surface area contributed by atoms with Crippen LogP contribution in [0, 0.1) is 6.92 Å². The highest BCUT2D eigenvalue weighted by atomic mass is 16.5. The van der Waals surface area contributed by atoms with Gasteiger partial charge in [0.15, 0.2) is 5.76 Å². The summed E-state index contributed by atoms with van der Waals surface area (Å²) in [5.74, 6) is 0.794. The van der Waals surface area contributed by atoms with Gasteiger partial charge in [-0.1, -0.05) is 17.8 Å². The molecule has 0 aliphatic heterocycles. The number of aromatic nitrogens is 1. The third kappa shape index (κ3) is 1.47. The van der Waals surface area contributed by atoms with Gasteiger partial charge in [-0.25, -0.2) is 0 Å². The molecule has 2 nitrogen and oxygen atoms in total. The normalized spacial score (nSPS) is 10.9. The van der Waals surface area contributed by atoms with Gasteiger partial charge in [-0.15, -0.1) is 0 Å². The Morgan fingerprint density at radius 1 is 1.58 bits per heavy atom. The van der Waals surface area contributed by atoms with Crippen molar-refractivity contribution in [3.8, 4) is 0 Å². The lowest BCUT2D eigenvalue weighted by atomic mass is 10.1. The van der Waals surface area contributed by atoms with Crippen molar-refractivity contribution in [2.45, 2.75) is 20.8 Å². The van der Waals surface area contributed by atoms with Crippen LogP contribution in [-0.2, 0) is 0 Å². The van der Waals surface area contributed by atoms with E-state index in [0.717, 1.165) is 22.6 Å². The Hall–Kier alpha value is -1.31. The highest BCUT2D eigenvalue weighted by molar-refractivity contribution is 5.70. The summed E-state index contributed by atoms with van der Waals surface area (Å²) >= 11 is 0. The lowest BCUT2D eigenvalue weighted by molar-refractivity contribution is 0.408. The fourth-order valence-corrected chi connectivity index (χ4v) is 1.17. The van der Waals surface area contributed by atoms with Crippen molar-refractivity contribution in [2.75, 3.05) is 0 Å². The van der Waals surface area contributed by atoms with Crippen LogP contribution in [0.25, 0.3) is 11.6 Å². The van der Waals surface area contributed by atoms with Crippen LogP contribution in [0.1, 0.15) is 30.9 Å². The zero-order valence-electron chi connectivity index (χ0n) is 7.72. The fourth-order valence-electron chi connectivity index (χ4n) is 1.17. The Balaban J connectivity index is 3.21. The first-order valence-electron chi connectivity index (χ1n) is 3.91. The molecule has 0 amide bonds. The average molecular weight is 163 g/mol. The zero-order chi connectivity index (χ0) is 9.14. The Bertz CT molecular complexity index is 321. The number of nitrogens with zero attached hydrogens (tertiary/aromatic N) is 1. The smallest absolute Gasteiger partial charge is 0.167 e. The molecule has 1 heterocycles. The van der Waals surface area contributed by atoms with E-state index in [1.807, 2.05) is 32.9 Å². The van der Waals surface area contributed by atoms with Crippen molar-refractivity contribution >= 4 is 11.6 Å². The van der Waals surface area contributed by atoms with Crippen molar-refractivity contribution in [3.05, 3.63) is 29.7 Å². The van der Waals surface area contributed by atoms with Crippen LogP contribution in [0.2, 0.25) is 0 Å². The van der Waals surface area contributed by atoms with Gasteiger partial charge < -0.3 is 4.52 Å². The SMILES string of the molecule is C=C(C)c1c(C)noc1/C=C\C. The van der Waals surface area contributed by atoms with Crippen molar-refractivity contribution < 1.29 is 4.52 Å². The number of rotatable bonds is 2. The van der Waals surface area contributed by atoms with E-state index < -0.39 is 0 Å². The molecule has 0 atom stereocenters. The first-order chi connectivity index (χ1) is 5.66. The second-order valence-electron chi connectivity index (χ2n) is 2.79. The molecule has 2 heteroatoms. The van der Waals surface area contributed by atoms with Crippen LogP contribution in [-0.4, -0.2) is 5.16 Å². The van der Waals surface area contributed by atoms with Crippen molar-refractivity contribution in [1.29, 1.82) is 0 Å². The van der Waals surface area contributed by atoms with E-state index in [-0.39, 0.29) is 0 Å². The summed E-state index contributed by atoms with van der Waals surface area (Å²) < 4.78 is 5.10. The Labute approximate surface area is 72.6 Å². The minimum Gasteiger partial charge on any atom is -0.356 e. The van der Waals surface area contributed by atoms with Gasteiger partial charge in [0.25, 0.3) is 0 Å². The number of hydrogen-bond donors (Lipinski definition) is 0. The molecule has 0 N–H and O–H groups in total. The third-order valence-electron chi connectivity index (χ3n) is 1.63. The molecule has 0 unspecified atom stereocenters. The number of hydrogen-bond acceptors (Lipinski definition) is 2. The minimum absolute atomic E-state index is 0.794. The van der Waals surface area contributed by atoms with E-state index in [9.17, 15) is 0 Å². The van der Waals surface area contributed by atoms with Crippen LogP contribution in [0.4, 0.5) is 0 Å². The standard InChI is InChI=1S/C10H13NO/c1-5-6-9-10(7(2)3)8(4)11-12-9/h5-6H,2H2,1,3-4H3/b6-5-. The molecule has 0 aliphatic carbocycles. The van der Waals surface area contributed by atoms with Crippen molar-refractivity contribution in [1.82, 2.24) is 5.16 Å². The van der Waals surface area contributed by atoms with Crippen LogP contribution >= 0.6 is 0 Å². The van der Waals surface area contributed by atoms with Gasteiger partial charge in [-0.3, -0.25) is 0 Å². The summed E-state index contributed by atoms with van der Waals surface area (Å²) in [6.07, 6.45) is 3.82. The molecule has 0 radical (unpaired) electrons. The van der Waals surface area contributed by atoms with Gasteiger partial charge in [0.1, 0.15) is 0 Å². The van der Waals surface area contributed by atoms with Gasteiger partial charge >= 0.3 is 0 Å². The number of aryl methyl sites for hydroxylation is 1. The minimum atomic E-state index is 0.794. The molecule has 12 heavy (non-hydrogen) atoms. The van der Waals surface area contributed by atoms with Crippen LogP contribution < -0.4 is 0 Å². The first kappa shape index (κ1) is 8.78. The van der Waals surface area contributed by atoms with E-state index in [1.54, 1.807) is 0 Å². The van der Waals surface area contributed by atoms with E-state index in [4.69, 9.17) is 4.52 Å². The summed E-state index contributed by atoms with van der Waals surface area (Å²) in [4.78, 5) is 0. The van der Waals surface area contributed by atoms with Crippen LogP contribution in [0.3, 0.4) is 0 Å². The Morgan fingerprint density at radius 3 is 2.75 bits per heavy atom. The molecule has 0 saturated carbocycles. The quantitative estimate of drug-likeness (QED) is 0.669. The van der Waals surface area contributed by atoms with Crippen LogP contribution in [0.15, 0.2) is 17.2 Å². The van der Waals surface area contributed by atoms with Gasteiger partial charge in [0.2, 0.25) is 0 Å². The summed E-state index contributed by atoms with van der Waals surface area (Å²) in [5, 5.41) is 3.87. The topological polar surface area (TPSA) is 26.0 Å². The lowest BCUT2D eigenvalue weighted by Crippen LogP contribution is -1.81. The molecule has 1 aromatic heterocycles. The molecule has 1 rings (SSSR count). The van der Waals surface area contributed by atoms with E-state index in [2.05, 4.69) is 11.7 Å². The Kier molecular flexibility index (Phi) is 2.48. The van der Waals surface area contributed by atoms with Crippen molar-refractivity contribution in [3.63, 3.8) is 0 Å². The summed E-state index contributed by atoms with van der Waals surface area (Å²) in [5.41, 5.74) is 2.91. The monoisotopic (exact) mass is 163 g/mol. The summed E-state index contributed by atoms with van der Waals surface area (Å²) in [6.45, 7) is 9.68. The van der Waals surface area contributed by atoms with Gasteiger partial charge in [0, 0.05) is 5.56 Å². The van der Waals surface area contributed by atoms with E-state index in [0.29, 0.717) is 0 Å². The third-order valence-corrected chi connectivity index (χ3v) is 1.63. The molecule has 0 aliphatic rings. The summed E-state index contributed by atoms with van der Waals surface area (Å²) in [7, 11) is 0. The molecule has 0 fully saturated rings. The largest absolute Gasteiger partial charge is 0.356 e. The average Bonchev–Trinajstić information content (AvgIpc) is 2.32. The maximum absolute atomic E-state index is 5.10. The molecular weight excluding hydrogens is 150 g/mol. The highest BCUT2D eigenvalue weighted by Gasteiger charge is 2.09. The molecule has 1 aromatic rings. The molecular formula is C10H13NO. The second-order valence-corrected chi connectivity index (χ2v) is 2.79. The van der Waals surface area contributed by atoms with Crippen molar-refractivity contribution in [2.24, 2.45) is 0 Å². The molecule has 0 bridgehead atoms. The predicted molar refractivity (Wildman–Crippen MR) is 50.7 cm³/mol. The predicted octanol–water partition coefficient (Wildman–Crippen LogP) is 3.05. The summed E-state index contributed by atoms with van der Waals surface area (Å²) in [6, 6.07) is 0. The molecule has 64 valence electrons. The molecule has 0 saturated heterocycles. The highest BCUT2D eigenvalue weighted by Crippen LogP contribution is 2.22. The fraction of sp³-hybridized carbons (Fsp3) is 0.300. The van der Waals surface area contributed by atoms with Crippen LogP contribution in [0.5, 0.6) is 0 Å². The molecule has 0 aromatic carbocycles. The zero-order valence-corrected chi connectivity index (χ0v) is 7.72. The maximum atomic E-state index is 5.10. The van der Waals surface area contributed by atoms with Gasteiger partial charge in [-0.2, -0.15) is 0 Å². The second kappa shape index (κ2) is 3.39. The lowest BCUT2D eigenvalue weighted by Gasteiger charge is -1.95. The maximum Gasteiger partial charge on any atom is 0.167 e. The van der Waals surface area contributed by atoms with E-state index in [1.165, 1.54) is 0 Å².